The van der Waals surface area contributed by atoms with Crippen LogP contribution >= 0.6 is 0 Å². The molecular formula is C23H22N2O5S. The van der Waals surface area contributed by atoms with E-state index in [1.807, 2.05) is 6.92 Å². The van der Waals surface area contributed by atoms with Crippen molar-refractivity contribution in [3.8, 4) is 17.2 Å². The van der Waals surface area contributed by atoms with Crippen LogP contribution in [-0.4, -0.2) is 20.9 Å². The molecule has 2 N–H and O–H groups in total. The number of anilines is 2. The number of hydrogen-bond acceptors (Lipinski definition) is 5. The quantitative estimate of drug-likeness (QED) is 0.593. The van der Waals surface area contributed by atoms with Crippen molar-refractivity contribution in [3.63, 3.8) is 0 Å². The normalized spacial score (nSPS) is 12.7. The summed E-state index contributed by atoms with van der Waals surface area (Å²) in [6, 6.07) is 14.8. The zero-order valence-electron chi connectivity index (χ0n) is 17.4. The van der Waals surface area contributed by atoms with Crippen molar-refractivity contribution < 1.29 is 22.7 Å². The van der Waals surface area contributed by atoms with E-state index in [0.29, 0.717) is 29.5 Å². The van der Waals surface area contributed by atoms with Crippen molar-refractivity contribution >= 4 is 27.3 Å². The second-order valence-electron chi connectivity index (χ2n) is 7.19. The van der Waals surface area contributed by atoms with Gasteiger partial charge in [0.15, 0.2) is 5.75 Å². The molecule has 0 radical (unpaired) electrons. The van der Waals surface area contributed by atoms with Gasteiger partial charge in [-0.2, -0.15) is 0 Å². The van der Waals surface area contributed by atoms with E-state index in [1.54, 1.807) is 62.4 Å². The summed E-state index contributed by atoms with van der Waals surface area (Å²) in [5.74, 6) is 1.16. The van der Waals surface area contributed by atoms with Crippen LogP contribution in [-0.2, 0) is 10.0 Å². The predicted molar refractivity (Wildman–Crippen MR) is 119 cm³/mol. The van der Waals surface area contributed by atoms with Crippen LogP contribution in [0, 0.1) is 13.8 Å². The Morgan fingerprint density at radius 1 is 1.00 bits per heavy atom. The summed E-state index contributed by atoms with van der Waals surface area (Å²) < 4.78 is 40.0. The minimum absolute atomic E-state index is 0.119. The third-order valence-corrected chi connectivity index (χ3v) is 6.23. The number of aryl methyl sites for hydroxylation is 2. The van der Waals surface area contributed by atoms with Crippen LogP contribution in [0.2, 0.25) is 0 Å². The maximum Gasteiger partial charge on any atom is 0.261 e. The van der Waals surface area contributed by atoms with Crippen LogP contribution in [0.1, 0.15) is 28.4 Å². The molecule has 31 heavy (non-hydrogen) atoms. The number of ether oxygens (including phenoxy) is 2. The lowest BCUT2D eigenvalue weighted by atomic mass is 10.1. The number of benzene rings is 3. The van der Waals surface area contributed by atoms with Gasteiger partial charge in [0.05, 0.1) is 22.8 Å². The van der Waals surface area contributed by atoms with Gasteiger partial charge in [-0.05, 0) is 74.4 Å². The van der Waals surface area contributed by atoms with Gasteiger partial charge in [-0.3, -0.25) is 9.52 Å². The molecule has 0 aliphatic carbocycles. The average Bonchev–Trinajstić information content (AvgIpc) is 2.86. The molecule has 0 saturated carbocycles. The van der Waals surface area contributed by atoms with Crippen molar-refractivity contribution in [2.45, 2.75) is 25.7 Å². The summed E-state index contributed by atoms with van der Waals surface area (Å²) in [4.78, 5) is 12.8. The number of sulfonamides is 1. The standard InChI is InChI=1S/C23H22N2O5S/c1-4-29-22-14(2)11-17(12-15(22)3)31(27,28)25-16-9-10-20-18(13-16)23(26)24-19-7-5-6-8-21(19)30-20/h5-13,25H,4H2,1-3H3,(H,24,26). The zero-order chi connectivity index (χ0) is 22.2. The highest BCUT2D eigenvalue weighted by atomic mass is 32.2. The molecule has 1 aliphatic heterocycles. The zero-order valence-corrected chi connectivity index (χ0v) is 18.2. The summed E-state index contributed by atoms with van der Waals surface area (Å²) in [5.41, 5.74) is 2.50. The summed E-state index contributed by atoms with van der Waals surface area (Å²) in [5, 5.41) is 2.78. The molecule has 1 heterocycles. The van der Waals surface area contributed by atoms with Crippen molar-refractivity contribution in [1.82, 2.24) is 0 Å². The van der Waals surface area contributed by atoms with Gasteiger partial charge in [0.2, 0.25) is 0 Å². The molecule has 0 saturated heterocycles. The van der Waals surface area contributed by atoms with Crippen LogP contribution in [0.15, 0.2) is 59.5 Å². The highest BCUT2D eigenvalue weighted by Crippen LogP contribution is 2.37. The third kappa shape index (κ3) is 4.06. The van der Waals surface area contributed by atoms with Gasteiger partial charge in [0.1, 0.15) is 11.5 Å². The molecule has 8 heteroatoms. The fourth-order valence-electron chi connectivity index (χ4n) is 3.48. The smallest absolute Gasteiger partial charge is 0.261 e. The summed E-state index contributed by atoms with van der Waals surface area (Å²) in [6.07, 6.45) is 0. The largest absolute Gasteiger partial charge is 0.493 e. The monoisotopic (exact) mass is 438 g/mol. The van der Waals surface area contributed by atoms with E-state index in [2.05, 4.69) is 10.0 Å². The number of hydrogen-bond donors (Lipinski definition) is 2. The number of carbonyl (C=O) groups is 1. The lowest BCUT2D eigenvalue weighted by molar-refractivity contribution is 0.102. The molecule has 0 spiro atoms. The Bertz CT molecular complexity index is 1260. The summed E-state index contributed by atoms with van der Waals surface area (Å²) >= 11 is 0. The second-order valence-corrected chi connectivity index (χ2v) is 8.87. The number of rotatable bonds is 5. The maximum absolute atomic E-state index is 13.0. The summed E-state index contributed by atoms with van der Waals surface area (Å²) in [7, 11) is -3.87. The van der Waals surface area contributed by atoms with E-state index >= 15 is 0 Å². The molecule has 0 atom stereocenters. The minimum atomic E-state index is -3.87. The van der Waals surface area contributed by atoms with Crippen molar-refractivity contribution in [3.05, 3.63) is 71.3 Å². The summed E-state index contributed by atoms with van der Waals surface area (Å²) in [6.45, 7) is 5.98. The Hall–Kier alpha value is -3.52. The molecule has 160 valence electrons. The molecule has 0 fully saturated rings. The Morgan fingerprint density at radius 2 is 1.71 bits per heavy atom. The van der Waals surface area contributed by atoms with E-state index in [1.165, 1.54) is 6.07 Å². The van der Waals surface area contributed by atoms with Gasteiger partial charge in [0, 0.05) is 5.69 Å². The third-order valence-electron chi connectivity index (χ3n) is 4.86. The Morgan fingerprint density at radius 3 is 2.42 bits per heavy atom. The predicted octanol–water partition coefficient (Wildman–Crippen LogP) is 4.86. The first-order valence-electron chi connectivity index (χ1n) is 9.77. The van der Waals surface area contributed by atoms with E-state index in [9.17, 15) is 13.2 Å². The van der Waals surface area contributed by atoms with E-state index in [0.717, 1.165) is 11.1 Å². The van der Waals surface area contributed by atoms with Crippen LogP contribution in [0.4, 0.5) is 11.4 Å². The fraction of sp³-hybridized carbons (Fsp3) is 0.174. The van der Waals surface area contributed by atoms with Gasteiger partial charge >= 0.3 is 0 Å². The van der Waals surface area contributed by atoms with Gasteiger partial charge < -0.3 is 14.8 Å². The molecule has 0 aromatic heterocycles. The van der Waals surface area contributed by atoms with Gasteiger partial charge in [-0.1, -0.05) is 12.1 Å². The molecule has 4 rings (SSSR count). The number of nitrogens with one attached hydrogen (secondary N) is 2. The van der Waals surface area contributed by atoms with Crippen LogP contribution < -0.4 is 19.5 Å². The fourth-order valence-corrected chi connectivity index (χ4v) is 4.70. The molecular weight excluding hydrogens is 416 g/mol. The van der Waals surface area contributed by atoms with Crippen molar-refractivity contribution in [2.75, 3.05) is 16.6 Å². The highest BCUT2D eigenvalue weighted by Gasteiger charge is 2.23. The lowest BCUT2D eigenvalue weighted by Gasteiger charge is -2.15. The first-order valence-corrected chi connectivity index (χ1v) is 11.3. The van der Waals surface area contributed by atoms with Crippen molar-refractivity contribution in [2.24, 2.45) is 0 Å². The average molecular weight is 439 g/mol. The molecule has 1 amide bonds. The molecule has 1 aliphatic rings. The topological polar surface area (TPSA) is 93.7 Å². The number of carbonyl (C=O) groups excluding carboxylic acids is 1. The SMILES string of the molecule is CCOc1c(C)cc(S(=O)(=O)Nc2ccc3c(c2)C(=O)Nc2ccccc2O3)cc1C. The van der Waals surface area contributed by atoms with Crippen LogP contribution in [0.3, 0.4) is 0 Å². The van der Waals surface area contributed by atoms with Gasteiger partial charge in [0.25, 0.3) is 15.9 Å². The maximum atomic E-state index is 13.0. The molecule has 3 aromatic carbocycles. The molecule has 3 aromatic rings. The van der Waals surface area contributed by atoms with E-state index in [-0.39, 0.29) is 22.1 Å². The molecule has 7 nitrogen and oxygen atoms in total. The van der Waals surface area contributed by atoms with E-state index in [4.69, 9.17) is 9.47 Å². The first kappa shape index (κ1) is 20.7. The number of para-hydroxylation sites is 2. The minimum Gasteiger partial charge on any atom is -0.493 e. The Labute approximate surface area is 181 Å². The highest BCUT2D eigenvalue weighted by molar-refractivity contribution is 7.92. The second kappa shape index (κ2) is 7.96. The molecule has 0 bridgehead atoms. The van der Waals surface area contributed by atoms with Crippen LogP contribution in [0.5, 0.6) is 17.2 Å². The Kier molecular flexibility index (Phi) is 5.32. The number of fused-ring (bicyclic) bond motifs is 2. The Balaban J connectivity index is 1.65. The van der Waals surface area contributed by atoms with Gasteiger partial charge in [-0.15, -0.1) is 0 Å². The molecule has 0 unspecified atom stereocenters. The van der Waals surface area contributed by atoms with Crippen LogP contribution in [0.25, 0.3) is 0 Å². The number of amides is 1. The van der Waals surface area contributed by atoms with Gasteiger partial charge in [-0.25, -0.2) is 8.42 Å². The van der Waals surface area contributed by atoms with E-state index < -0.39 is 10.0 Å². The first-order chi connectivity index (χ1) is 14.8. The van der Waals surface area contributed by atoms with Crippen molar-refractivity contribution in [1.29, 1.82) is 0 Å². The lowest BCUT2D eigenvalue weighted by Crippen LogP contribution is -2.15.